The summed E-state index contributed by atoms with van der Waals surface area (Å²) in [7, 11) is 0. The van der Waals surface area contributed by atoms with Gasteiger partial charge in [0.15, 0.2) is 6.04 Å². The molecule has 2 atom stereocenters. The predicted octanol–water partition coefficient (Wildman–Crippen LogP) is -0.877. The van der Waals surface area contributed by atoms with Crippen LogP contribution < -0.4 is 5.32 Å². The Morgan fingerprint density at radius 1 is 1.75 bits per heavy atom. The number of carboxylic acids is 1. The molecule has 0 bridgehead atoms. The summed E-state index contributed by atoms with van der Waals surface area (Å²) in [6.45, 7) is 1.99. The van der Waals surface area contributed by atoms with E-state index in [4.69, 9.17) is 11.6 Å². The Hall–Kier alpha value is -1.36. The molecule has 0 rings (SSSR count). The van der Waals surface area contributed by atoms with Crippen molar-refractivity contribution < 1.29 is 21.2 Å². The molecule has 68 valence electrons. The molecular formula is C7H11NO4. The van der Waals surface area contributed by atoms with Crippen molar-refractivity contribution in [2.75, 3.05) is 0 Å². The van der Waals surface area contributed by atoms with Crippen LogP contribution in [-0.4, -0.2) is 34.2 Å². The smallest absolute Gasteiger partial charge is 0.328 e. The lowest BCUT2D eigenvalue weighted by molar-refractivity contribution is -0.144. The normalized spacial score (nSPS) is 16.7. The van der Waals surface area contributed by atoms with E-state index in [2.05, 4.69) is 0 Å². The maximum Gasteiger partial charge on any atom is 0.328 e. The highest BCUT2D eigenvalue weighted by Crippen LogP contribution is 1.92. The molecule has 12 heavy (non-hydrogen) atoms. The van der Waals surface area contributed by atoms with Crippen molar-refractivity contribution in [1.29, 1.82) is 0 Å². The molecular weight excluding hydrogens is 162 g/mol. The van der Waals surface area contributed by atoms with E-state index >= 15 is 0 Å². The van der Waals surface area contributed by atoms with Gasteiger partial charge < -0.3 is 15.5 Å². The average molecular weight is 174 g/mol. The third kappa shape index (κ3) is 3.16. The Bertz CT molecular complexity index is 227. The molecule has 0 saturated carbocycles. The molecule has 5 heteroatoms. The molecule has 0 aromatic heterocycles. The van der Waals surface area contributed by atoms with E-state index in [9.17, 15) is 9.59 Å². The third-order valence-electron chi connectivity index (χ3n) is 1.20. The maximum atomic E-state index is 10.8. The molecule has 0 spiro atoms. The number of hydrogen-bond donors (Lipinski definition) is 3. The highest BCUT2D eigenvalue weighted by atomic mass is 16.4. The summed E-state index contributed by atoms with van der Waals surface area (Å²) in [5.41, 5.74) is 0. The van der Waals surface area contributed by atoms with Gasteiger partial charge in [-0.1, -0.05) is 6.55 Å². The lowest BCUT2D eigenvalue weighted by atomic mass is 10.2. The van der Waals surface area contributed by atoms with Gasteiger partial charge in [0, 0.05) is 0 Å². The van der Waals surface area contributed by atoms with Gasteiger partial charge in [0.2, 0.25) is 5.91 Å². The van der Waals surface area contributed by atoms with E-state index in [1.165, 1.54) is 6.92 Å². The molecule has 0 heterocycles. The van der Waals surface area contributed by atoms with Crippen LogP contribution in [0.25, 0.3) is 0 Å². The standard InChI is InChI=1S/C7H11NO4/c1-3-5(10)8-6(4(2)9)7(11)12/h3-4,6,9H,1H2,2H3,(H,8,10)(H,11,12)/t4-,6+/m1/s1/i1D. The molecule has 0 unspecified atom stereocenters. The number of rotatable bonds is 4. The second-order valence-electron chi connectivity index (χ2n) is 2.23. The van der Waals surface area contributed by atoms with Crippen LogP contribution in [0.15, 0.2) is 12.6 Å². The van der Waals surface area contributed by atoms with Crippen LogP contribution in [0.2, 0.25) is 0 Å². The fourth-order valence-corrected chi connectivity index (χ4v) is 0.590. The summed E-state index contributed by atoms with van der Waals surface area (Å²) in [6, 6.07) is -1.34. The summed E-state index contributed by atoms with van der Waals surface area (Å²) in [4.78, 5) is 21.2. The molecule has 5 nitrogen and oxygen atoms in total. The lowest BCUT2D eigenvalue weighted by Gasteiger charge is -2.15. The SMILES string of the molecule is [2H]C=CC(=O)N[C@H](C(=O)O)[C@@H](C)O. The zero-order valence-electron chi connectivity index (χ0n) is 7.52. The molecule has 0 aliphatic rings. The number of aliphatic hydroxyl groups is 1. The molecule has 0 fully saturated rings. The van der Waals surface area contributed by atoms with Gasteiger partial charge in [-0.3, -0.25) is 4.79 Å². The molecule has 1 amide bonds. The molecule has 3 N–H and O–H groups in total. The van der Waals surface area contributed by atoms with E-state index in [1.807, 2.05) is 5.32 Å². The number of amides is 1. The first-order valence-electron chi connectivity index (χ1n) is 3.83. The Balaban J connectivity index is 4.27. The van der Waals surface area contributed by atoms with Crippen LogP contribution in [0, 0.1) is 0 Å². The first-order valence-corrected chi connectivity index (χ1v) is 3.25. The van der Waals surface area contributed by atoms with Crippen molar-refractivity contribution in [2.24, 2.45) is 0 Å². The molecule has 0 aromatic carbocycles. The van der Waals surface area contributed by atoms with Gasteiger partial charge in [0.05, 0.1) is 7.47 Å². The number of carbonyl (C=O) groups excluding carboxylic acids is 1. The van der Waals surface area contributed by atoms with Crippen LogP contribution in [0.5, 0.6) is 0 Å². The molecule has 0 saturated heterocycles. The number of carboxylic acid groups (broad SMARTS) is 1. The Labute approximate surface area is 71.1 Å². The first kappa shape index (κ1) is 8.73. The first-order chi connectivity index (χ1) is 5.99. The van der Waals surface area contributed by atoms with E-state index in [1.54, 1.807) is 0 Å². The monoisotopic (exact) mass is 174 g/mol. The Kier molecular flexibility index (Phi) is 3.28. The number of hydrogen-bond acceptors (Lipinski definition) is 3. The summed E-state index contributed by atoms with van der Waals surface area (Å²) < 4.78 is 6.54. The van der Waals surface area contributed by atoms with E-state index in [0.29, 0.717) is 0 Å². The predicted molar refractivity (Wildman–Crippen MR) is 41.4 cm³/mol. The number of nitrogens with one attached hydrogen (secondary N) is 1. The topological polar surface area (TPSA) is 86.6 Å². The summed E-state index contributed by atoms with van der Waals surface area (Å²) in [5.74, 6) is -2.04. The van der Waals surface area contributed by atoms with Crippen molar-refractivity contribution in [1.82, 2.24) is 5.32 Å². The van der Waals surface area contributed by atoms with E-state index in [-0.39, 0.29) is 0 Å². The number of aliphatic hydroxyl groups excluding tert-OH is 1. The Morgan fingerprint density at radius 3 is 2.67 bits per heavy atom. The van der Waals surface area contributed by atoms with Gasteiger partial charge in [-0.15, -0.1) is 0 Å². The highest BCUT2D eigenvalue weighted by Gasteiger charge is 2.23. The van der Waals surface area contributed by atoms with Crippen molar-refractivity contribution in [3.63, 3.8) is 0 Å². The quantitative estimate of drug-likeness (QED) is 0.483. The van der Waals surface area contributed by atoms with Gasteiger partial charge in [0.25, 0.3) is 0 Å². The maximum absolute atomic E-state index is 10.8. The van der Waals surface area contributed by atoms with Crippen LogP contribution in [-0.2, 0) is 9.59 Å². The zero-order chi connectivity index (χ0) is 10.4. The van der Waals surface area contributed by atoms with Gasteiger partial charge >= 0.3 is 5.97 Å². The fourth-order valence-electron chi connectivity index (χ4n) is 0.590. The highest BCUT2D eigenvalue weighted by molar-refractivity contribution is 5.90. The van der Waals surface area contributed by atoms with Gasteiger partial charge in [-0.2, -0.15) is 0 Å². The second kappa shape index (κ2) is 4.50. The van der Waals surface area contributed by atoms with Gasteiger partial charge in [0.1, 0.15) is 0 Å². The number of aliphatic carboxylic acids is 1. The zero-order valence-corrected chi connectivity index (χ0v) is 6.52. The van der Waals surface area contributed by atoms with Crippen LogP contribution in [0.4, 0.5) is 0 Å². The molecule has 0 aromatic rings. The van der Waals surface area contributed by atoms with Crippen LogP contribution >= 0.6 is 0 Å². The molecule has 0 aliphatic heterocycles. The lowest BCUT2D eigenvalue weighted by Crippen LogP contribution is -2.47. The summed E-state index contributed by atoms with van der Waals surface area (Å²) >= 11 is 0. The largest absolute Gasteiger partial charge is 0.480 e. The number of carbonyl (C=O) groups is 2. The molecule has 0 radical (unpaired) electrons. The van der Waals surface area contributed by atoms with Gasteiger partial charge in [-0.05, 0) is 13.0 Å². The van der Waals surface area contributed by atoms with Crippen molar-refractivity contribution in [3.05, 3.63) is 12.6 Å². The van der Waals surface area contributed by atoms with Crippen molar-refractivity contribution >= 4 is 11.9 Å². The third-order valence-corrected chi connectivity index (χ3v) is 1.20. The van der Waals surface area contributed by atoms with Crippen LogP contribution in [0.3, 0.4) is 0 Å². The minimum absolute atomic E-state index is 0.719. The minimum Gasteiger partial charge on any atom is -0.480 e. The average Bonchev–Trinajstić information content (AvgIpc) is 1.99. The Morgan fingerprint density at radius 2 is 2.33 bits per heavy atom. The van der Waals surface area contributed by atoms with E-state index in [0.717, 1.165) is 12.6 Å². The molecule has 0 aliphatic carbocycles. The van der Waals surface area contributed by atoms with E-state index < -0.39 is 24.0 Å². The van der Waals surface area contributed by atoms with Gasteiger partial charge in [-0.25, -0.2) is 4.79 Å². The van der Waals surface area contributed by atoms with Crippen molar-refractivity contribution in [2.45, 2.75) is 19.1 Å². The van der Waals surface area contributed by atoms with Crippen LogP contribution in [0.1, 0.15) is 8.29 Å². The second-order valence-corrected chi connectivity index (χ2v) is 2.23. The fraction of sp³-hybridized carbons (Fsp3) is 0.429. The minimum atomic E-state index is -1.34. The summed E-state index contributed by atoms with van der Waals surface area (Å²) in [6.07, 6.45) is -0.321. The van der Waals surface area contributed by atoms with Crippen molar-refractivity contribution in [3.8, 4) is 0 Å². The summed E-state index contributed by atoms with van der Waals surface area (Å²) in [5, 5.41) is 19.5.